The van der Waals surface area contributed by atoms with Gasteiger partial charge in [0.2, 0.25) is 5.91 Å². The van der Waals surface area contributed by atoms with Crippen molar-refractivity contribution in [2.75, 3.05) is 25.6 Å². The van der Waals surface area contributed by atoms with Gasteiger partial charge in [-0.2, -0.15) is 0 Å². The summed E-state index contributed by atoms with van der Waals surface area (Å²) in [5, 5.41) is 13.6. The van der Waals surface area contributed by atoms with E-state index >= 15 is 0 Å². The lowest BCUT2D eigenvalue weighted by Gasteiger charge is -2.32. The lowest BCUT2D eigenvalue weighted by Crippen LogP contribution is -2.47. The zero-order valence-electron chi connectivity index (χ0n) is 17.7. The summed E-state index contributed by atoms with van der Waals surface area (Å²) in [5.74, 6) is 0.255. The van der Waals surface area contributed by atoms with Crippen molar-refractivity contribution in [3.8, 4) is 11.5 Å². The maximum Gasteiger partial charge on any atom is 0.287 e. The van der Waals surface area contributed by atoms with Gasteiger partial charge in [0.15, 0.2) is 11.6 Å². The van der Waals surface area contributed by atoms with Gasteiger partial charge in [-0.3, -0.25) is 14.9 Å². The van der Waals surface area contributed by atoms with Crippen LogP contribution in [0.4, 0.5) is 21.6 Å². The molecule has 3 aromatic rings. The number of amides is 1. The maximum absolute atomic E-state index is 14.6. The number of nitro groups is 1. The Kier molecular flexibility index (Phi) is 6.45. The van der Waals surface area contributed by atoms with Crippen molar-refractivity contribution in [1.82, 2.24) is 9.88 Å². The van der Waals surface area contributed by atoms with Gasteiger partial charge in [0.25, 0.3) is 5.69 Å². The molecule has 1 aliphatic heterocycles. The van der Waals surface area contributed by atoms with E-state index < -0.39 is 10.7 Å². The Balaban J connectivity index is 1.37. The van der Waals surface area contributed by atoms with E-state index in [9.17, 15) is 19.3 Å². The van der Waals surface area contributed by atoms with Gasteiger partial charge in [-0.25, -0.2) is 9.37 Å². The number of nitrogens with zero attached hydrogens (tertiary/aromatic N) is 3. The number of likely N-dealkylation sites (N-methyl/N-ethyl adjacent to an activating group) is 1. The highest BCUT2D eigenvalue weighted by atomic mass is 19.1. The predicted molar refractivity (Wildman–Crippen MR) is 118 cm³/mol. The minimum absolute atomic E-state index is 0.0271. The highest BCUT2D eigenvalue weighted by Crippen LogP contribution is 2.28. The zero-order valence-corrected chi connectivity index (χ0v) is 17.7. The molecule has 0 bridgehead atoms. The third kappa shape index (κ3) is 5.42. The van der Waals surface area contributed by atoms with Gasteiger partial charge < -0.3 is 19.7 Å². The van der Waals surface area contributed by atoms with Gasteiger partial charge in [0.05, 0.1) is 17.6 Å². The number of halogens is 1. The molecule has 33 heavy (non-hydrogen) atoms. The molecule has 1 atom stereocenters. The molecule has 10 heteroatoms. The normalized spacial score (nSPS) is 15.9. The molecular formula is C23H21FN4O5. The molecular weight excluding hydrogens is 431 g/mol. The maximum atomic E-state index is 14.6. The van der Waals surface area contributed by atoms with Crippen molar-refractivity contribution in [3.63, 3.8) is 0 Å². The summed E-state index contributed by atoms with van der Waals surface area (Å²) in [6.07, 6.45) is 1.77. The molecule has 170 valence electrons. The Hall–Kier alpha value is -4.05. The van der Waals surface area contributed by atoms with Crippen LogP contribution in [0.2, 0.25) is 0 Å². The summed E-state index contributed by atoms with van der Waals surface area (Å²) in [5.41, 5.74) is 1.30. The zero-order chi connectivity index (χ0) is 23.4. The monoisotopic (exact) mass is 452 g/mol. The van der Waals surface area contributed by atoms with E-state index in [0.29, 0.717) is 30.3 Å². The number of anilines is 2. The van der Waals surface area contributed by atoms with Crippen molar-refractivity contribution in [1.29, 1.82) is 0 Å². The summed E-state index contributed by atoms with van der Waals surface area (Å²) in [6, 6.07) is 14.3. The molecule has 0 radical (unpaired) electrons. The van der Waals surface area contributed by atoms with E-state index in [1.54, 1.807) is 30.1 Å². The molecule has 1 unspecified atom stereocenters. The molecule has 0 aliphatic carbocycles. The largest absolute Gasteiger partial charge is 0.454 e. The second kappa shape index (κ2) is 9.61. The average molecular weight is 452 g/mol. The average Bonchev–Trinajstić information content (AvgIpc) is 2.80. The van der Waals surface area contributed by atoms with E-state index in [2.05, 4.69) is 10.3 Å². The summed E-state index contributed by atoms with van der Waals surface area (Å²) < 4.78 is 25.5. The molecule has 2 heterocycles. The van der Waals surface area contributed by atoms with Gasteiger partial charge >= 0.3 is 0 Å². The molecule has 4 rings (SSSR count). The number of hydrogen-bond acceptors (Lipinski definition) is 7. The second-order valence-corrected chi connectivity index (χ2v) is 7.55. The van der Waals surface area contributed by atoms with Crippen molar-refractivity contribution in [2.24, 2.45) is 0 Å². The molecule has 1 N–H and O–H groups in total. The Morgan fingerprint density at radius 2 is 2.03 bits per heavy atom. The number of ether oxygens (including phenoxy) is 2. The molecule has 1 amide bonds. The van der Waals surface area contributed by atoms with Gasteiger partial charge in [-0.15, -0.1) is 0 Å². The fraction of sp³-hybridized carbons (Fsp3) is 0.217. The molecule has 2 aromatic carbocycles. The smallest absolute Gasteiger partial charge is 0.287 e. The van der Waals surface area contributed by atoms with Gasteiger partial charge in [-0.1, -0.05) is 12.1 Å². The number of carbonyl (C=O) groups excluding carboxylic acids is 1. The summed E-state index contributed by atoms with van der Waals surface area (Å²) >= 11 is 0. The number of benzene rings is 2. The molecule has 0 saturated carbocycles. The highest BCUT2D eigenvalue weighted by molar-refractivity contribution is 5.78. The van der Waals surface area contributed by atoms with Crippen molar-refractivity contribution < 1.29 is 23.6 Å². The third-order valence-corrected chi connectivity index (χ3v) is 5.26. The molecule has 1 fully saturated rings. The van der Waals surface area contributed by atoms with Crippen LogP contribution >= 0.6 is 0 Å². The van der Waals surface area contributed by atoms with Crippen molar-refractivity contribution in [3.05, 3.63) is 82.3 Å². The van der Waals surface area contributed by atoms with E-state index in [1.807, 2.05) is 12.1 Å². The Morgan fingerprint density at radius 1 is 1.24 bits per heavy atom. The molecule has 9 nitrogen and oxygen atoms in total. The first-order valence-corrected chi connectivity index (χ1v) is 10.2. The summed E-state index contributed by atoms with van der Waals surface area (Å²) in [7, 11) is 1.77. The van der Waals surface area contributed by atoms with Gasteiger partial charge in [-0.05, 0) is 42.3 Å². The van der Waals surface area contributed by atoms with Crippen molar-refractivity contribution >= 4 is 23.1 Å². The van der Waals surface area contributed by atoms with Crippen LogP contribution in [0, 0.1) is 15.9 Å². The van der Waals surface area contributed by atoms with Crippen LogP contribution in [-0.4, -0.2) is 47.0 Å². The standard InChI is InChI=1S/C23H21FN4O5/c1-27-18(13-32-14-23(27)29)10-15-2-6-19(7-3-15)33-21-8-4-16(11-20(21)24)26-22-9-5-17(12-25-22)28(30)31/h2-9,11-12,18H,10,13-14H2,1H3,(H,25,26). The number of pyridine rings is 1. The highest BCUT2D eigenvalue weighted by Gasteiger charge is 2.25. The summed E-state index contributed by atoms with van der Waals surface area (Å²) in [4.78, 5) is 27.6. The first kappa shape index (κ1) is 22.2. The first-order chi connectivity index (χ1) is 15.9. The van der Waals surface area contributed by atoms with E-state index in [1.165, 1.54) is 24.3 Å². The van der Waals surface area contributed by atoms with Crippen molar-refractivity contribution in [2.45, 2.75) is 12.5 Å². The Labute approximate surface area is 188 Å². The lowest BCUT2D eigenvalue weighted by molar-refractivity contribution is -0.385. The van der Waals surface area contributed by atoms with Crippen LogP contribution in [0.5, 0.6) is 11.5 Å². The topological polar surface area (TPSA) is 107 Å². The van der Waals surface area contributed by atoms with Crippen LogP contribution in [0.1, 0.15) is 5.56 Å². The Bertz CT molecular complexity index is 1150. The molecule has 1 saturated heterocycles. The van der Waals surface area contributed by atoms with Gasteiger partial charge in [0.1, 0.15) is 24.4 Å². The number of rotatable bonds is 7. The van der Waals surface area contributed by atoms with Gasteiger partial charge in [0, 0.05) is 24.9 Å². The summed E-state index contributed by atoms with van der Waals surface area (Å²) in [6.45, 7) is 0.603. The van der Waals surface area contributed by atoms with E-state index in [-0.39, 0.29) is 30.0 Å². The first-order valence-electron chi connectivity index (χ1n) is 10.2. The van der Waals surface area contributed by atoms with Crippen LogP contribution in [0.3, 0.4) is 0 Å². The minimum Gasteiger partial charge on any atom is -0.454 e. The SMILES string of the molecule is CN1C(=O)COCC1Cc1ccc(Oc2ccc(Nc3ccc([N+](=O)[O-])cn3)cc2F)cc1. The number of carbonyl (C=O) groups is 1. The van der Waals surface area contributed by atoms with Crippen LogP contribution in [0.15, 0.2) is 60.8 Å². The van der Waals surface area contributed by atoms with E-state index in [0.717, 1.165) is 11.8 Å². The fourth-order valence-corrected chi connectivity index (χ4v) is 3.37. The second-order valence-electron chi connectivity index (χ2n) is 7.55. The number of aromatic nitrogens is 1. The van der Waals surface area contributed by atoms with E-state index in [4.69, 9.17) is 9.47 Å². The number of nitrogens with one attached hydrogen (secondary N) is 1. The lowest BCUT2D eigenvalue weighted by atomic mass is 10.0. The molecule has 1 aliphatic rings. The Morgan fingerprint density at radius 3 is 2.70 bits per heavy atom. The van der Waals surface area contributed by atoms with Crippen LogP contribution in [-0.2, 0) is 16.0 Å². The third-order valence-electron chi connectivity index (χ3n) is 5.26. The minimum atomic E-state index is -0.578. The van der Waals surface area contributed by atoms with Crippen LogP contribution in [0.25, 0.3) is 0 Å². The molecule has 0 spiro atoms. The molecule has 1 aromatic heterocycles. The number of morpholine rings is 1. The predicted octanol–water partition coefficient (Wildman–Crippen LogP) is 4.06. The fourth-order valence-electron chi connectivity index (χ4n) is 3.37. The number of hydrogen-bond donors (Lipinski definition) is 1. The quantitative estimate of drug-likeness (QED) is 0.425. The van der Waals surface area contributed by atoms with Crippen LogP contribution < -0.4 is 10.1 Å².